The molecule has 73 valence electrons. The summed E-state index contributed by atoms with van der Waals surface area (Å²) in [7, 11) is 0. The standard InChI is InChI=1S/C11H17O2/c1-3-11-5-4-9(7-11)6-10(11)13-8(2)12/h9-10H,2-7H2,1H3. The van der Waals surface area contributed by atoms with Gasteiger partial charge in [-0.2, -0.15) is 0 Å². The molecule has 1 radical (unpaired) electrons. The van der Waals surface area contributed by atoms with Crippen molar-refractivity contribution in [2.45, 2.75) is 45.1 Å². The predicted octanol–water partition coefficient (Wildman–Crippen LogP) is 2.33. The fraction of sp³-hybridized carbons (Fsp3) is 0.818. The fourth-order valence-corrected chi connectivity index (χ4v) is 3.20. The van der Waals surface area contributed by atoms with Crippen LogP contribution in [0.25, 0.3) is 0 Å². The van der Waals surface area contributed by atoms with E-state index in [-0.39, 0.29) is 12.1 Å². The van der Waals surface area contributed by atoms with Crippen LogP contribution >= 0.6 is 0 Å². The van der Waals surface area contributed by atoms with Gasteiger partial charge >= 0.3 is 5.97 Å². The van der Waals surface area contributed by atoms with Crippen molar-refractivity contribution in [1.82, 2.24) is 0 Å². The highest BCUT2D eigenvalue weighted by Crippen LogP contribution is 2.57. The van der Waals surface area contributed by atoms with E-state index in [2.05, 4.69) is 13.8 Å². The third kappa shape index (κ3) is 1.36. The summed E-state index contributed by atoms with van der Waals surface area (Å²) in [5.74, 6) is 0.453. The van der Waals surface area contributed by atoms with Gasteiger partial charge in [0.15, 0.2) is 0 Å². The first kappa shape index (κ1) is 9.04. The minimum atomic E-state index is -0.356. The van der Waals surface area contributed by atoms with E-state index in [4.69, 9.17) is 4.74 Å². The highest BCUT2D eigenvalue weighted by molar-refractivity contribution is 5.74. The molecule has 3 atom stereocenters. The Labute approximate surface area is 79.7 Å². The molecular formula is C11H17O2. The highest BCUT2D eigenvalue weighted by atomic mass is 16.5. The van der Waals surface area contributed by atoms with Crippen molar-refractivity contribution in [1.29, 1.82) is 0 Å². The van der Waals surface area contributed by atoms with Crippen LogP contribution < -0.4 is 0 Å². The number of hydrogen-bond acceptors (Lipinski definition) is 2. The van der Waals surface area contributed by atoms with E-state index in [1.165, 1.54) is 19.3 Å². The number of esters is 1. The monoisotopic (exact) mass is 181 g/mol. The van der Waals surface area contributed by atoms with Gasteiger partial charge in [-0.3, -0.25) is 4.79 Å². The Morgan fingerprint density at radius 3 is 3.00 bits per heavy atom. The first-order valence-electron chi connectivity index (χ1n) is 5.19. The van der Waals surface area contributed by atoms with E-state index < -0.39 is 0 Å². The maximum absolute atomic E-state index is 10.8. The van der Waals surface area contributed by atoms with Gasteiger partial charge in [-0.05, 0) is 38.0 Å². The molecule has 2 saturated carbocycles. The first-order chi connectivity index (χ1) is 6.16. The second-order valence-corrected chi connectivity index (χ2v) is 4.54. The van der Waals surface area contributed by atoms with Gasteiger partial charge in [0, 0.05) is 5.41 Å². The van der Waals surface area contributed by atoms with E-state index in [9.17, 15) is 4.79 Å². The van der Waals surface area contributed by atoms with Crippen LogP contribution in [0.2, 0.25) is 0 Å². The molecule has 2 aliphatic carbocycles. The molecule has 2 bridgehead atoms. The van der Waals surface area contributed by atoms with Gasteiger partial charge in [-0.1, -0.05) is 6.92 Å². The third-order valence-electron chi connectivity index (χ3n) is 3.95. The van der Waals surface area contributed by atoms with Crippen molar-refractivity contribution in [3.8, 4) is 0 Å². The number of fused-ring (bicyclic) bond motifs is 2. The van der Waals surface area contributed by atoms with Crippen molar-refractivity contribution in [3.63, 3.8) is 0 Å². The van der Waals surface area contributed by atoms with Gasteiger partial charge in [-0.15, -0.1) is 0 Å². The van der Waals surface area contributed by atoms with Gasteiger partial charge < -0.3 is 4.74 Å². The number of carbonyl (C=O) groups excluding carboxylic acids is 1. The molecule has 2 aliphatic rings. The second kappa shape index (κ2) is 3.00. The summed E-state index contributed by atoms with van der Waals surface area (Å²) < 4.78 is 5.29. The van der Waals surface area contributed by atoms with Gasteiger partial charge in [0.05, 0.1) is 6.92 Å². The molecule has 13 heavy (non-hydrogen) atoms. The van der Waals surface area contributed by atoms with Gasteiger partial charge in [0.25, 0.3) is 0 Å². The largest absolute Gasteiger partial charge is 0.462 e. The molecule has 0 aromatic heterocycles. The average Bonchev–Trinajstić information content (AvgIpc) is 2.60. The van der Waals surface area contributed by atoms with Crippen LogP contribution in [0.1, 0.15) is 39.0 Å². The fourth-order valence-electron chi connectivity index (χ4n) is 3.20. The van der Waals surface area contributed by atoms with E-state index in [1.54, 1.807) is 0 Å². The zero-order valence-corrected chi connectivity index (χ0v) is 8.21. The summed E-state index contributed by atoms with van der Waals surface area (Å²) in [6.07, 6.45) is 6.23. The van der Waals surface area contributed by atoms with Crippen molar-refractivity contribution in [3.05, 3.63) is 6.92 Å². The summed E-state index contributed by atoms with van der Waals surface area (Å²) in [5, 5.41) is 0. The zero-order valence-electron chi connectivity index (χ0n) is 8.21. The minimum Gasteiger partial charge on any atom is -0.462 e. The molecule has 0 heterocycles. The maximum atomic E-state index is 10.8. The summed E-state index contributed by atoms with van der Waals surface area (Å²) in [6.45, 7) is 5.50. The van der Waals surface area contributed by atoms with Crippen molar-refractivity contribution in [2.24, 2.45) is 11.3 Å². The molecule has 2 nitrogen and oxygen atoms in total. The van der Waals surface area contributed by atoms with E-state index >= 15 is 0 Å². The van der Waals surface area contributed by atoms with Crippen LogP contribution in [-0.2, 0) is 9.53 Å². The minimum absolute atomic E-state index is 0.168. The Morgan fingerprint density at radius 1 is 1.69 bits per heavy atom. The van der Waals surface area contributed by atoms with Gasteiger partial charge in [-0.25, -0.2) is 0 Å². The first-order valence-corrected chi connectivity index (χ1v) is 5.19. The SMILES string of the molecule is [CH2]C(=O)OC1CC2CCC1(CC)C2. The van der Waals surface area contributed by atoms with Crippen molar-refractivity contribution in [2.75, 3.05) is 0 Å². The Balaban J connectivity index is 2.08. The van der Waals surface area contributed by atoms with Crippen LogP contribution in [-0.4, -0.2) is 12.1 Å². The summed E-state index contributed by atoms with van der Waals surface area (Å²) in [5.41, 5.74) is 0.317. The van der Waals surface area contributed by atoms with E-state index in [0.717, 1.165) is 18.8 Å². The number of carbonyl (C=O) groups is 1. The second-order valence-electron chi connectivity index (χ2n) is 4.54. The molecule has 2 fully saturated rings. The number of ether oxygens (including phenoxy) is 1. The maximum Gasteiger partial charge on any atom is 0.306 e. The van der Waals surface area contributed by atoms with E-state index in [1.807, 2.05) is 0 Å². The zero-order chi connectivity index (χ0) is 9.47. The Hall–Kier alpha value is -0.530. The Bertz CT molecular complexity index is 224. The number of hydrogen-bond donors (Lipinski definition) is 0. The molecular weight excluding hydrogens is 164 g/mol. The highest BCUT2D eigenvalue weighted by Gasteiger charge is 2.52. The molecule has 0 aromatic rings. The molecule has 0 amide bonds. The molecule has 0 aromatic carbocycles. The van der Waals surface area contributed by atoms with Crippen molar-refractivity contribution >= 4 is 5.97 Å². The lowest BCUT2D eigenvalue weighted by atomic mass is 9.79. The quantitative estimate of drug-likeness (QED) is 0.611. The summed E-state index contributed by atoms with van der Waals surface area (Å²) >= 11 is 0. The molecule has 0 spiro atoms. The molecule has 2 rings (SSSR count). The third-order valence-corrected chi connectivity index (χ3v) is 3.95. The lowest BCUT2D eigenvalue weighted by Gasteiger charge is -2.33. The van der Waals surface area contributed by atoms with Crippen LogP contribution in [0.4, 0.5) is 0 Å². The predicted molar refractivity (Wildman–Crippen MR) is 49.9 cm³/mol. The van der Waals surface area contributed by atoms with Gasteiger partial charge in [0.1, 0.15) is 6.10 Å². The summed E-state index contributed by atoms with van der Waals surface area (Å²) in [6, 6.07) is 0. The molecule has 0 saturated heterocycles. The summed E-state index contributed by atoms with van der Waals surface area (Å²) in [4.78, 5) is 10.8. The Kier molecular flexibility index (Phi) is 2.09. The Morgan fingerprint density at radius 2 is 2.46 bits per heavy atom. The topological polar surface area (TPSA) is 26.3 Å². The molecule has 2 heteroatoms. The average molecular weight is 181 g/mol. The van der Waals surface area contributed by atoms with E-state index in [0.29, 0.717) is 5.41 Å². The lowest BCUT2D eigenvalue weighted by Crippen LogP contribution is -2.33. The van der Waals surface area contributed by atoms with Crippen LogP contribution in [0.5, 0.6) is 0 Å². The smallest absolute Gasteiger partial charge is 0.306 e. The van der Waals surface area contributed by atoms with Crippen molar-refractivity contribution < 1.29 is 9.53 Å². The number of rotatable bonds is 2. The van der Waals surface area contributed by atoms with Crippen LogP contribution in [0.3, 0.4) is 0 Å². The van der Waals surface area contributed by atoms with Gasteiger partial charge in [0.2, 0.25) is 0 Å². The van der Waals surface area contributed by atoms with Crippen LogP contribution in [0, 0.1) is 18.3 Å². The van der Waals surface area contributed by atoms with Crippen LogP contribution in [0.15, 0.2) is 0 Å². The molecule has 0 N–H and O–H groups in total. The lowest BCUT2D eigenvalue weighted by molar-refractivity contribution is -0.150. The molecule has 0 aliphatic heterocycles. The molecule has 3 unspecified atom stereocenters. The normalized spacial score (nSPS) is 42.3.